The van der Waals surface area contributed by atoms with E-state index >= 15 is 0 Å². The first-order chi connectivity index (χ1) is 7.15. The van der Waals surface area contributed by atoms with E-state index in [1.807, 2.05) is 7.05 Å². The number of anilines is 1. The number of rotatable bonds is 2. The fraction of sp³-hybridized carbons (Fsp3) is 0.417. The van der Waals surface area contributed by atoms with E-state index in [9.17, 15) is 0 Å². The van der Waals surface area contributed by atoms with Crippen LogP contribution >= 0.6 is 0 Å². The van der Waals surface area contributed by atoms with Crippen molar-refractivity contribution in [3.63, 3.8) is 0 Å². The van der Waals surface area contributed by atoms with Crippen LogP contribution in [-0.4, -0.2) is 17.2 Å². The molecule has 0 aliphatic rings. The Morgan fingerprint density at radius 1 is 1.33 bits per heavy atom. The predicted octanol–water partition coefficient (Wildman–Crippen LogP) is 3.04. The van der Waals surface area contributed by atoms with Crippen LogP contribution in [0, 0.1) is 6.92 Å². The van der Waals surface area contributed by atoms with Crippen molar-refractivity contribution in [3.05, 3.63) is 23.3 Å². The van der Waals surface area contributed by atoms with E-state index in [1.54, 1.807) is 0 Å². The molecule has 0 amide bonds. The number of nitrogens with zero attached hydrogens (tertiary/aromatic N) is 1. The van der Waals surface area contributed by atoms with Gasteiger partial charge in [0.15, 0.2) is 5.82 Å². The highest BCUT2D eigenvalue weighted by atomic mass is 15.2. The summed E-state index contributed by atoms with van der Waals surface area (Å²) in [6.07, 6.45) is 0. The number of H-pyrrole nitrogens is 1. The van der Waals surface area contributed by atoms with Crippen molar-refractivity contribution in [2.24, 2.45) is 0 Å². The first-order valence-electron chi connectivity index (χ1n) is 5.30. The van der Waals surface area contributed by atoms with Gasteiger partial charge >= 0.3 is 0 Å². The fourth-order valence-corrected chi connectivity index (χ4v) is 2.17. The summed E-state index contributed by atoms with van der Waals surface area (Å²) in [6, 6.07) is 4.24. The lowest BCUT2D eigenvalue weighted by atomic mass is 9.94. The molecular formula is C12H17N3. The minimum Gasteiger partial charge on any atom is -0.371 e. The van der Waals surface area contributed by atoms with E-state index in [0.29, 0.717) is 5.92 Å². The molecule has 0 saturated carbocycles. The van der Waals surface area contributed by atoms with Gasteiger partial charge in [0.25, 0.3) is 0 Å². The van der Waals surface area contributed by atoms with Gasteiger partial charge in [-0.1, -0.05) is 19.9 Å². The third-order valence-corrected chi connectivity index (χ3v) is 2.80. The topological polar surface area (TPSA) is 40.7 Å². The average Bonchev–Trinajstić information content (AvgIpc) is 2.59. The van der Waals surface area contributed by atoms with Crippen LogP contribution in [0.15, 0.2) is 12.1 Å². The Morgan fingerprint density at radius 3 is 2.67 bits per heavy atom. The van der Waals surface area contributed by atoms with Gasteiger partial charge in [-0.2, -0.15) is 5.10 Å². The molecule has 2 rings (SSSR count). The van der Waals surface area contributed by atoms with Gasteiger partial charge in [-0.05, 0) is 30.0 Å². The Kier molecular flexibility index (Phi) is 2.39. The molecule has 1 aromatic heterocycles. The van der Waals surface area contributed by atoms with E-state index in [-0.39, 0.29) is 0 Å². The largest absolute Gasteiger partial charge is 0.371 e. The van der Waals surface area contributed by atoms with Crippen molar-refractivity contribution in [3.8, 4) is 0 Å². The second-order valence-electron chi connectivity index (χ2n) is 4.20. The second-order valence-corrected chi connectivity index (χ2v) is 4.20. The minimum absolute atomic E-state index is 0.512. The summed E-state index contributed by atoms with van der Waals surface area (Å²) in [6.45, 7) is 6.59. The maximum absolute atomic E-state index is 4.26. The molecule has 2 aromatic rings. The summed E-state index contributed by atoms with van der Waals surface area (Å²) in [7, 11) is 1.90. The van der Waals surface area contributed by atoms with E-state index in [2.05, 4.69) is 48.4 Å². The molecule has 0 atom stereocenters. The molecule has 0 bridgehead atoms. The van der Waals surface area contributed by atoms with Gasteiger partial charge in [0.1, 0.15) is 0 Å². The summed E-state index contributed by atoms with van der Waals surface area (Å²) in [5.41, 5.74) is 3.81. The molecule has 0 fully saturated rings. The Bertz CT molecular complexity index is 483. The zero-order valence-corrected chi connectivity index (χ0v) is 9.68. The minimum atomic E-state index is 0.512. The highest BCUT2D eigenvalue weighted by Gasteiger charge is 2.13. The number of nitrogens with one attached hydrogen (secondary N) is 2. The van der Waals surface area contributed by atoms with Gasteiger partial charge < -0.3 is 5.32 Å². The molecule has 1 heterocycles. The van der Waals surface area contributed by atoms with Gasteiger partial charge in [-0.25, -0.2) is 0 Å². The lowest BCUT2D eigenvalue weighted by Crippen LogP contribution is -1.96. The van der Waals surface area contributed by atoms with Gasteiger partial charge in [0.05, 0.1) is 5.52 Å². The number of benzene rings is 1. The number of aromatic nitrogens is 2. The summed E-state index contributed by atoms with van der Waals surface area (Å²) >= 11 is 0. The van der Waals surface area contributed by atoms with Crippen LogP contribution in [-0.2, 0) is 0 Å². The summed E-state index contributed by atoms with van der Waals surface area (Å²) in [4.78, 5) is 0. The van der Waals surface area contributed by atoms with Crippen LogP contribution in [0.3, 0.4) is 0 Å². The molecular weight excluding hydrogens is 186 g/mol. The maximum atomic E-state index is 4.26. The van der Waals surface area contributed by atoms with E-state index in [4.69, 9.17) is 0 Å². The van der Waals surface area contributed by atoms with Gasteiger partial charge in [0.2, 0.25) is 0 Å². The Hall–Kier alpha value is -1.51. The highest BCUT2D eigenvalue weighted by Crippen LogP contribution is 2.31. The molecule has 3 nitrogen and oxygen atoms in total. The number of hydrogen-bond donors (Lipinski definition) is 2. The predicted molar refractivity (Wildman–Crippen MR) is 64.5 cm³/mol. The van der Waals surface area contributed by atoms with Crippen LogP contribution in [0.25, 0.3) is 10.9 Å². The third kappa shape index (κ3) is 1.48. The zero-order valence-electron chi connectivity index (χ0n) is 9.68. The first kappa shape index (κ1) is 10.0. The second kappa shape index (κ2) is 3.57. The van der Waals surface area contributed by atoms with Crippen molar-refractivity contribution in [1.82, 2.24) is 10.2 Å². The first-order valence-corrected chi connectivity index (χ1v) is 5.30. The van der Waals surface area contributed by atoms with Gasteiger partial charge in [0, 0.05) is 12.4 Å². The number of hydrogen-bond acceptors (Lipinski definition) is 2. The molecule has 0 saturated heterocycles. The van der Waals surface area contributed by atoms with Crippen LogP contribution in [0.1, 0.15) is 30.9 Å². The van der Waals surface area contributed by atoms with Gasteiger partial charge in [-0.3, -0.25) is 5.10 Å². The Morgan fingerprint density at radius 2 is 2.07 bits per heavy atom. The summed E-state index contributed by atoms with van der Waals surface area (Å²) < 4.78 is 0. The molecule has 1 aromatic carbocycles. The van der Waals surface area contributed by atoms with Crippen molar-refractivity contribution < 1.29 is 0 Å². The van der Waals surface area contributed by atoms with E-state index in [0.717, 1.165) is 11.3 Å². The number of fused-ring (bicyclic) bond motifs is 1. The normalized spacial score (nSPS) is 11.3. The summed E-state index contributed by atoms with van der Waals surface area (Å²) in [5.74, 6) is 1.45. The van der Waals surface area contributed by atoms with E-state index < -0.39 is 0 Å². The van der Waals surface area contributed by atoms with Gasteiger partial charge in [-0.15, -0.1) is 0 Å². The monoisotopic (exact) mass is 203 g/mol. The zero-order chi connectivity index (χ0) is 11.0. The molecule has 0 aliphatic carbocycles. The molecule has 2 N–H and O–H groups in total. The van der Waals surface area contributed by atoms with Crippen LogP contribution in [0.4, 0.5) is 5.82 Å². The molecule has 3 heteroatoms. The average molecular weight is 203 g/mol. The fourth-order valence-electron chi connectivity index (χ4n) is 2.17. The lowest BCUT2D eigenvalue weighted by Gasteiger charge is -2.11. The van der Waals surface area contributed by atoms with Crippen LogP contribution < -0.4 is 5.32 Å². The van der Waals surface area contributed by atoms with Crippen LogP contribution in [0.5, 0.6) is 0 Å². The SMILES string of the molecule is CNc1n[nH]c2ccc(C)c(C(C)C)c12. The van der Waals surface area contributed by atoms with Crippen molar-refractivity contribution in [1.29, 1.82) is 0 Å². The molecule has 0 spiro atoms. The molecule has 0 unspecified atom stereocenters. The maximum Gasteiger partial charge on any atom is 0.155 e. The molecule has 0 aliphatic heterocycles. The van der Waals surface area contributed by atoms with Crippen molar-refractivity contribution in [2.45, 2.75) is 26.7 Å². The van der Waals surface area contributed by atoms with E-state index in [1.165, 1.54) is 16.5 Å². The quantitative estimate of drug-likeness (QED) is 0.787. The summed E-state index contributed by atoms with van der Waals surface area (Å²) in [5, 5.41) is 11.7. The van der Waals surface area contributed by atoms with Crippen LogP contribution in [0.2, 0.25) is 0 Å². The third-order valence-electron chi connectivity index (χ3n) is 2.80. The molecule has 15 heavy (non-hydrogen) atoms. The molecule has 0 radical (unpaired) electrons. The molecule has 80 valence electrons. The highest BCUT2D eigenvalue weighted by molar-refractivity contribution is 5.93. The Balaban J connectivity index is 2.83. The smallest absolute Gasteiger partial charge is 0.155 e. The van der Waals surface area contributed by atoms with Crippen molar-refractivity contribution in [2.75, 3.05) is 12.4 Å². The standard InChI is InChI=1S/C12H17N3/c1-7(2)10-8(3)5-6-9-11(10)12(13-4)15-14-9/h5-7H,1-4H3,(H2,13,14,15). The van der Waals surface area contributed by atoms with Crippen molar-refractivity contribution >= 4 is 16.7 Å². The Labute approximate surface area is 89.9 Å². The lowest BCUT2D eigenvalue weighted by molar-refractivity contribution is 0.867. The number of aryl methyl sites for hydroxylation is 1. The number of aromatic amines is 1.